The van der Waals surface area contributed by atoms with Crippen LogP contribution in [-0.2, 0) is 17.8 Å². The second-order valence-corrected chi connectivity index (χ2v) is 9.66. The van der Waals surface area contributed by atoms with E-state index in [1.54, 1.807) is 0 Å². The van der Waals surface area contributed by atoms with Gasteiger partial charge in [0.1, 0.15) is 0 Å². The van der Waals surface area contributed by atoms with Gasteiger partial charge in [0.25, 0.3) is 0 Å². The Bertz CT molecular complexity index is 921. The van der Waals surface area contributed by atoms with Crippen molar-refractivity contribution < 1.29 is 9.59 Å². The van der Waals surface area contributed by atoms with Crippen LogP contribution >= 0.6 is 11.3 Å². The minimum absolute atomic E-state index is 0.0567. The predicted octanol–water partition coefficient (Wildman–Crippen LogP) is 3.38. The van der Waals surface area contributed by atoms with Gasteiger partial charge >= 0.3 is 6.03 Å². The first-order valence-electron chi connectivity index (χ1n) is 11.5. The van der Waals surface area contributed by atoms with Crippen LogP contribution < -0.4 is 15.5 Å². The molecule has 2 aliphatic rings. The van der Waals surface area contributed by atoms with E-state index in [0.29, 0.717) is 32.7 Å². The predicted molar refractivity (Wildman–Crippen MR) is 130 cm³/mol. The first kappa shape index (κ1) is 22.6. The van der Waals surface area contributed by atoms with E-state index in [4.69, 9.17) is 0 Å². The molecule has 3 amide bonds. The zero-order valence-electron chi connectivity index (χ0n) is 19.0. The average molecular weight is 456 g/mol. The monoisotopic (exact) mass is 455 g/mol. The lowest BCUT2D eigenvalue weighted by Crippen LogP contribution is -2.52. The minimum atomic E-state index is -0.0812. The summed E-state index contributed by atoms with van der Waals surface area (Å²) in [4.78, 5) is 32.6. The molecule has 4 rings (SSSR count). The molecular formula is C24H33N5O2S. The quantitative estimate of drug-likeness (QED) is 0.701. The third-order valence-corrected chi connectivity index (χ3v) is 7.36. The van der Waals surface area contributed by atoms with Crippen LogP contribution in [0, 0.1) is 0 Å². The molecule has 2 aliphatic heterocycles. The van der Waals surface area contributed by atoms with Crippen molar-refractivity contribution in [1.29, 1.82) is 0 Å². The van der Waals surface area contributed by atoms with E-state index in [0.717, 1.165) is 31.6 Å². The third-order valence-electron chi connectivity index (χ3n) is 6.34. The van der Waals surface area contributed by atoms with E-state index in [9.17, 15) is 9.59 Å². The molecule has 172 valence electrons. The van der Waals surface area contributed by atoms with Crippen molar-refractivity contribution in [3.63, 3.8) is 0 Å². The number of hydrogen-bond acceptors (Lipinski definition) is 5. The van der Waals surface area contributed by atoms with Gasteiger partial charge in [-0.1, -0.05) is 6.92 Å². The molecule has 1 aromatic carbocycles. The Morgan fingerprint density at radius 2 is 1.81 bits per heavy atom. The molecule has 1 saturated heterocycles. The second kappa shape index (κ2) is 10.4. The number of rotatable bonds is 6. The Hall–Kier alpha value is -2.58. The number of nitrogens with one attached hydrogen (secondary N) is 2. The molecule has 0 bridgehead atoms. The molecule has 0 aliphatic carbocycles. The van der Waals surface area contributed by atoms with Gasteiger partial charge in [-0.2, -0.15) is 0 Å². The van der Waals surface area contributed by atoms with Crippen LogP contribution in [0.2, 0.25) is 0 Å². The molecule has 3 heterocycles. The maximum absolute atomic E-state index is 12.7. The highest BCUT2D eigenvalue weighted by Gasteiger charge is 2.23. The number of benzene rings is 1. The summed E-state index contributed by atoms with van der Waals surface area (Å²) in [6.45, 7) is 9.10. The van der Waals surface area contributed by atoms with Gasteiger partial charge in [0.05, 0.1) is 6.54 Å². The molecule has 2 N–H and O–H groups in total. The summed E-state index contributed by atoms with van der Waals surface area (Å²) in [5.74, 6) is 0.0567. The second-order valence-electron chi connectivity index (χ2n) is 8.66. The molecule has 1 aromatic heterocycles. The summed E-state index contributed by atoms with van der Waals surface area (Å²) in [5, 5.41) is 8.19. The van der Waals surface area contributed by atoms with Gasteiger partial charge < -0.3 is 20.4 Å². The third kappa shape index (κ3) is 5.61. The molecule has 2 aromatic rings. The molecule has 7 nitrogen and oxygen atoms in total. The Morgan fingerprint density at radius 1 is 1.06 bits per heavy atom. The van der Waals surface area contributed by atoms with Crippen LogP contribution in [0.25, 0.3) is 0 Å². The normalized spacial score (nSPS) is 17.6. The van der Waals surface area contributed by atoms with E-state index in [1.165, 1.54) is 16.1 Å². The number of piperazine rings is 1. The van der Waals surface area contributed by atoms with E-state index < -0.39 is 0 Å². The molecule has 1 atom stereocenters. The fourth-order valence-corrected chi connectivity index (χ4v) is 5.05. The van der Waals surface area contributed by atoms with Crippen molar-refractivity contribution in [2.24, 2.45) is 0 Å². The first-order chi connectivity index (χ1) is 15.5. The highest BCUT2D eigenvalue weighted by molar-refractivity contribution is 7.10. The van der Waals surface area contributed by atoms with Gasteiger partial charge in [0, 0.05) is 61.6 Å². The number of anilines is 2. The molecule has 32 heavy (non-hydrogen) atoms. The van der Waals surface area contributed by atoms with Gasteiger partial charge in [0.15, 0.2) is 0 Å². The van der Waals surface area contributed by atoms with E-state index in [1.807, 2.05) is 35.3 Å². The lowest BCUT2D eigenvalue weighted by atomic mass is 10.1. The maximum atomic E-state index is 12.7. The number of thiophene rings is 1. The van der Waals surface area contributed by atoms with Gasteiger partial charge in [-0.05, 0) is 61.0 Å². The van der Waals surface area contributed by atoms with Crippen LogP contribution in [0.3, 0.4) is 0 Å². The molecule has 0 saturated carbocycles. The van der Waals surface area contributed by atoms with Gasteiger partial charge in [-0.15, -0.1) is 11.3 Å². The zero-order chi connectivity index (χ0) is 22.5. The fourth-order valence-electron chi connectivity index (χ4n) is 4.16. The summed E-state index contributed by atoms with van der Waals surface area (Å²) in [6, 6.07) is 10.5. The van der Waals surface area contributed by atoms with Crippen LogP contribution in [0.15, 0.2) is 35.7 Å². The van der Waals surface area contributed by atoms with E-state index in [-0.39, 0.29) is 18.0 Å². The zero-order valence-corrected chi connectivity index (χ0v) is 19.8. The molecule has 0 radical (unpaired) electrons. The molecule has 8 heteroatoms. The van der Waals surface area contributed by atoms with E-state index in [2.05, 4.69) is 50.9 Å². The van der Waals surface area contributed by atoms with Crippen LogP contribution in [0.1, 0.15) is 30.7 Å². The van der Waals surface area contributed by atoms with Crippen molar-refractivity contribution in [3.8, 4) is 0 Å². The van der Waals surface area contributed by atoms with Gasteiger partial charge in [-0.25, -0.2) is 4.79 Å². The summed E-state index contributed by atoms with van der Waals surface area (Å²) in [7, 11) is 0. The summed E-state index contributed by atoms with van der Waals surface area (Å²) in [6.07, 6.45) is 2.02. The maximum Gasteiger partial charge on any atom is 0.321 e. The number of fused-ring (bicyclic) bond motifs is 1. The summed E-state index contributed by atoms with van der Waals surface area (Å²) >= 11 is 1.85. The van der Waals surface area contributed by atoms with Gasteiger partial charge in [-0.3, -0.25) is 9.69 Å². The van der Waals surface area contributed by atoms with E-state index >= 15 is 0 Å². The molecule has 1 unspecified atom stereocenters. The lowest BCUT2D eigenvalue weighted by molar-refractivity contribution is -0.123. The summed E-state index contributed by atoms with van der Waals surface area (Å²) in [5.41, 5.74) is 3.42. The number of hydrogen-bond donors (Lipinski definition) is 2. The largest absolute Gasteiger partial charge is 0.367 e. The highest BCUT2D eigenvalue weighted by Crippen LogP contribution is 2.28. The topological polar surface area (TPSA) is 67.9 Å². The van der Waals surface area contributed by atoms with Gasteiger partial charge in [0.2, 0.25) is 5.91 Å². The Balaban J connectivity index is 1.23. The lowest BCUT2D eigenvalue weighted by Gasteiger charge is -2.34. The van der Waals surface area contributed by atoms with Crippen LogP contribution in [0.5, 0.6) is 0 Å². The standard InChI is InChI=1S/C24H33N5O2S/c1-3-18(2)25-23(30)17-27-11-13-28(14-12-27)24(31)26-20-4-6-21(7-5-20)29-10-8-22-19(16-29)9-15-32-22/h4-7,9,15,18H,3,8,10-14,16-17H2,1-2H3,(H,25,30)(H,26,31). The number of amides is 3. The number of urea groups is 1. The minimum Gasteiger partial charge on any atom is -0.367 e. The number of carbonyl (C=O) groups excluding carboxylic acids is 2. The fraction of sp³-hybridized carbons (Fsp3) is 0.500. The number of carbonyl (C=O) groups is 2. The van der Waals surface area contributed by atoms with Crippen LogP contribution in [-0.4, -0.2) is 67.0 Å². The average Bonchev–Trinajstić information content (AvgIpc) is 3.28. The molecule has 0 spiro atoms. The van der Waals surface area contributed by atoms with Crippen molar-refractivity contribution >= 4 is 34.6 Å². The number of nitrogens with zero attached hydrogens (tertiary/aromatic N) is 3. The first-order valence-corrected chi connectivity index (χ1v) is 12.4. The highest BCUT2D eigenvalue weighted by atomic mass is 32.1. The van der Waals surface area contributed by atoms with Crippen molar-refractivity contribution in [3.05, 3.63) is 46.2 Å². The van der Waals surface area contributed by atoms with Crippen LogP contribution in [0.4, 0.5) is 16.2 Å². The summed E-state index contributed by atoms with van der Waals surface area (Å²) < 4.78 is 0. The van der Waals surface area contributed by atoms with Crippen molar-refractivity contribution in [1.82, 2.24) is 15.1 Å². The SMILES string of the molecule is CCC(C)NC(=O)CN1CCN(C(=O)Nc2ccc(N3CCc4sccc4C3)cc2)CC1. The Kier molecular flexibility index (Phi) is 7.32. The Labute approximate surface area is 194 Å². The Morgan fingerprint density at radius 3 is 2.53 bits per heavy atom. The molecule has 1 fully saturated rings. The van der Waals surface area contributed by atoms with Crippen molar-refractivity contribution in [2.45, 2.75) is 39.3 Å². The smallest absolute Gasteiger partial charge is 0.321 e. The van der Waals surface area contributed by atoms with Crippen molar-refractivity contribution in [2.75, 3.05) is 49.5 Å². The molecular weight excluding hydrogens is 422 g/mol.